The number of hydrogen-bond acceptors (Lipinski definition) is 6. The summed E-state index contributed by atoms with van der Waals surface area (Å²) in [6.07, 6.45) is 51.0. The summed E-state index contributed by atoms with van der Waals surface area (Å²) in [6, 6.07) is 0. The molecule has 0 aliphatic heterocycles. The summed E-state index contributed by atoms with van der Waals surface area (Å²) >= 11 is 0. The second-order valence-electron chi connectivity index (χ2n) is 19.0. The van der Waals surface area contributed by atoms with Crippen LogP contribution in [0, 0.1) is 5.92 Å². The molecule has 0 spiro atoms. The topological polar surface area (TPSA) is 78.9 Å². The van der Waals surface area contributed by atoms with Crippen molar-refractivity contribution in [1.29, 1.82) is 0 Å². The molecule has 0 aliphatic carbocycles. The maximum Gasteiger partial charge on any atom is 0.306 e. The molecule has 60 heavy (non-hydrogen) atoms. The summed E-state index contributed by atoms with van der Waals surface area (Å²) in [5, 5.41) is 0. The molecule has 356 valence electrons. The molecule has 0 N–H and O–H groups in total. The number of rotatable bonds is 49. The van der Waals surface area contributed by atoms with E-state index in [0.29, 0.717) is 19.3 Å². The van der Waals surface area contributed by atoms with Crippen LogP contribution in [0.2, 0.25) is 0 Å². The molecular formula is C54H104O6. The molecule has 0 amide bonds. The summed E-state index contributed by atoms with van der Waals surface area (Å²) in [4.78, 5) is 37.9. The van der Waals surface area contributed by atoms with Crippen molar-refractivity contribution >= 4 is 17.9 Å². The van der Waals surface area contributed by atoms with Crippen molar-refractivity contribution in [2.24, 2.45) is 5.92 Å². The Morgan fingerprint density at radius 3 is 0.817 bits per heavy atom. The Morgan fingerprint density at radius 1 is 0.317 bits per heavy atom. The van der Waals surface area contributed by atoms with Crippen LogP contribution < -0.4 is 0 Å². The lowest BCUT2D eigenvalue weighted by Crippen LogP contribution is -2.30. The smallest absolute Gasteiger partial charge is 0.306 e. The number of unbranched alkanes of at least 4 members (excludes halogenated alkanes) is 36. The molecule has 6 nitrogen and oxygen atoms in total. The lowest BCUT2D eigenvalue weighted by Gasteiger charge is -2.18. The van der Waals surface area contributed by atoms with Crippen LogP contribution in [0.3, 0.4) is 0 Å². The second kappa shape index (κ2) is 48.4. The molecule has 0 rings (SSSR count). The first kappa shape index (κ1) is 58.4. The van der Waals surface area contributed by atoms with Crippen molar-refractivity contribution in [3.63, 3.8) is 0 Å². The van der Waals surface area contributed by atoms with Crippen molar-refractivity contribution < 1.29 is 28.6 Å². The van der Waals surface area contributed by atoms with Gasteiger partial charge in [0.1, 0.15) is 13.2 Å². The quantitative estimate of drug-likeness (QED) is 0.0345. The molecule has 0 bridgehead atoms. The zero-order valence-electron chi connectivity index (χ0n) is 40.9. The molecule has 0 saturated carbocycles. The van der Waals surface area contributed by atoms with Gasteiger partial charge >= 0.3 is 17.9 Å². The monoisotopic (exact) mass is 849 g/mol. The Balaban J connectivity index is 4.19. The number of carbonyl (C=O) groups excluding carboxylic acids is 3. The zero-order valence-corrected chi connectivity index (χ0v) is 40.9. The van der Waals surface area contributed by atoms with Gasteiger partial charge in [-0.25, -0.2) is 0 Å². The fourth-order valence-electron chi connectivity index (χ4n) is 8.22. The molecule has 6 heteroatoms. The molecule has 0 saturated heterocycles. The van der Waals surface area contributed by atoms with E-state index in [1.54, 1.807) is 0 Å². The Labute approximate surface area is 374 Å². The normalized spacial score (nSPS) is 11.9. The van der Waals surface area contributed by atoms with Gasteiger partial charge in [0.15, 0.2) is 6.10 Å². The molecule has 0 aromatic heterocycles. The average Bonchev–Trinajstić information content (AvgIpc) is 3.23. The van der Waals surface area contributed by atoms with Gasteiger partial charge in [-0.2, -0.15) is 0 Å². The van der Waals surface area contributed by atoms with Gasteiger partial charge in [0.2, 0.25) is 0 Å². The third kappa shape index (κ3) is 47.5. The number of carbonyl (C=O) groups is 3. The van der Waals surface area contributed by atoms with Crippen molar-refractivity contribution in [3.05, 3.63) is 0 Å². The highest BCUT2D eigenvalue weighted by Gasteiger charge is 2.19. The molecule has 0 aromatic rings. The molecular weight excluding hydrogens is 745 g/mol. The SMILES string of the molecule is CCCCCCCCCCCCCCCCCCCCCC(=O)OC[C@@H](COC(=O)CCCCCCCCCCCCCC(C)C)OC(=O)CCCCCCCCCCC. The van der Waals surface area contributed by atoms with Crippen molar-refractivity contribution in [1.82, 2.24) is 0 Å². The van der Waals surface area contributed by atoms with Crippen LogP contribution in [0.5, 0.6) is 0 Å². The van der Waals surface area contributed by atoms with Gasteiger partial charge in [0, 0.05) is 19.3 Å². The summed E-state index contributed by atoms with van der Waals surface area (Å²) in [5.74, 6) is -0.0188. The second-order valence-corrected chi connectivity index (χ2v) is 19.0. The average molecular weight is 849 g/mol. The molecule has 1 atom stereocenters. The van der Waals surface area contributed by atoms with Crippen LogP contribution in [0.25, 0.3) is 0 Å². The first-order valence-electron chi connectivity index (χ1n) is 26.9. The van der Waals surface area contributed by atoms with Crippen LogP contribution in [-0.2, 0) is 28.6 Å². The minimum Gasteiger partial charge on any atom is -0.462 e. The van der Waals surface area contributed by atoms with Crippen LogP contribution in [0.1, 0.15) is 304 Å². The van der Waals surface area contributed by atoms with Gasteiger partial charge < -0.3 is 14.2 Å². The standard InChI is InChI=1S/C54H104O6/c1-5-7-9-11-13-15-16-17-18-19-20-21-22-23-26-30-33-37-41-45-52(55)58-48-51(60-54(57)47-43-39-35-28-14-12-10-8-6-2)49-59-53(56)46-42-38-34-31-27-24-25-29-32-36-40-44-50(3)4/h50-51H,5-49H2,1-4H3/t51-/m0/s1. The lowest BCUT2D eigenvalue weighted by atomic mass is 10.0. The molecule has 0 aromatic carbocycles. The van der Waals surface area contributed by atoms with E-state index in [1.807, 2.05) is 0 Å². The fourth-order valence-corrected chi connectivity index (χ4v) is 8.22. The third-order valence-corrected chi connectivity index (χ3v) is 12.3. The Bertz CT molecular complexity index is 903. The van der Waals surface area contributed by atoms with Crippen LogP contribution >= 0.6 is 0 Å². The minimum atomic E-state index is -0.760. The Kier molecular flexibility index (Phi) is 47.2. The largest absolute Gasteiger partial charge is 0.462 e. The zero-order chi connectivity index (χ0) is 43.8. The van der Waals surface area contributed by atoms with E-state index in [-0.39, 0.29) is 31.1 Å². The van der Waals surface area contributed by atoms with Crippen molar-refractivity contribution in [2.45, 2.75) is 310 Å². The molecule has 0 radical (unpaired) electrons. The number of esters is 3. The van der Waals surface area contributed by atoms with E-state index < -0.39 is 6.10 Å². The van der Waals surface area contributed by atoms with Gasteiger partial charge in [0.25, 0.3) is 0 Å². The van der Waals surface area contributed by atoms with Gasteiger partial charge in [-0.1, -0.05) is 265 Å². The highest BCUT2D eigenvalue weighted by Crippen LogP contribution is 2.17. The number of ether oxygens (including phenoxy) is 3. The summed E-state index contributed by atoms with van der Waals surface area (Å²) in [6.45, 7) is 9.01. The first-order chi connectivity index (χ1) is 29.4. The maximum absolute atomic E-state index is 12.7. The predicted molar refractivity (Wildman–Crippen MR) is 257 cm³/mol. The number of hydrogen-bond donors (Lipinski definition) is 0. The van der Waals surface area contributed by atoms with Gasteiger partial charge in [-0.05, 0) is 25.2 Å². The van der Waals surface area contributed by atoms with E-state index in [0.717, 1.165) is 63.7 Å². The van der Waals surface area contributed by atoms with E-state index >= 15 is 0 Å². The van der Waals surface area contributed by atoms with E-state index in [1.165, 1.54) is 199 Å². The van der Waals surface area contributed by atoms with E-state index in [9.17, 15) is 14.4 Å². The van der Waals surface area contributed by atoms with Gasteiger partial charge in [-0.15, -0.1) is 0 Å². The summed E-state index contributed by atoms with van der Waals surface area (Å²) in [5.41, 5.74) is 0. The first-order valence-corrected chi connectivity index (χ1v) is 26.9. The highest BCUT2D eigenvalue weighted by molar-refractivity contribution is 5.71. The molecule has 0 heterocycles. The van der Waals surface area contributed by atoms with E-state index in [4.69, 9.17) is 14.2 Å². The van der Waals surface area contributed by atoms with Gasteiger partial charge in [-0.3, -0.25) is 14.4 Å². The van der Waals surface area contributed by atoms with E-state index in [2.05, 4.69) is 27.7 Å². The summed E-state index contributed by atoms with van der Waals surface area (Å²) in [7, 11) is 0. The predicted octanol–water partition coefficient (Wildman–Crippen LogP) is 17.5. The van der Waals surface area contributed by atoms with Crippen molar-refractivity contribution in [2.75, 3.05) is 13.2 Å². The minimum absolute atomic E-state index is 0.0628. The lowest BCUT2D eigenvalue weighted by molar-refractivity contribution is -0.167. The molecule has 0 unspecified atom stereocenters. The molecule has 0 aliphatic rings. The fraction of sp³-hybridized carbons (Fsp3) is 0.944. The third-order valence-electron chi connectivity index (χ3n) is 12.3. The highest BCUT2D eigenvalue weighted by atomic mass is 16.6. The maximum atomic E-state index is 12.7. The van der Waals surface area contributed by atoms with Crippen molar-refractivity contribution in [3.8, 4) is 0 Å². The van der Waals surface area contributed by atoms with Crippen LogP contribution in [-0.4, -0.2) is 37.2 Å². The van der Waals surface area contributed by atoms with Gasteiger partial charge in [0.05, 0.1) is 0 Å². The van der Waals surface area contributed by atoms with Crippen LogP contribution in [0.4, 0.5) is 0 Å². The molecule has 0 fully saturated rings. The summed E-state index contributed by atoms with van der Waals surface area (Å²) < 4.78 is 16.8. The Hall–Kier alpha value is -1.59. The van der Waals surface area contributed by atoms with Crippen LogP contribution in [0.15, 0.2) is 0 Å². The Morgan fingerprint density at radius 2 is 0.550 bits per heavy atom.